The van der Waals surface area contributed by atoms with Crippen LogP contribution in [0.25, 0.3) is 0 Å². The van der Waals surface area contributed by atoms with Gasteiger partial charge in [0.2, 0.25) is 0 Å². The van der Waals surface area contributed by atoms with E-state index in [9.17, 15) is 4.79 Å². The number of ether oxygens (including phenoxy) is 1. The van der Waals surface area contributed by atoms with Crippen molar-refractivity contribution in [2.75, 3.05) is 25.1 Å². The molecule has 0 aromatic carbocycles. The largest absolute Gasteiger partial charge is 0.464 e. The van der Waals surface area contributed by atoms with Gasteiger partial charge in [-0.3, -0.25) is 4.98 Å². The molecule has 18 heavy (non-hydrogen) atoms. The quantitative estimate of drug-likeness (QED) is 0.759. The highest BCUT2D eigenvalue weighted by atomic mass is 32.2. The molecule has 6 heteroatoms. The van der Waals surface area contributed by atoms with Crippen LogP contribution in [-0.2, 0) is 4.74 Å². The lowest BCUT2D eigenvalue weighted by molar-refractivity contribution is 0.0593. The summed E-state index contributed by atoms with van der Waals surface area (Å²) in [6.45, 7) is 6.25. The van der Waals surface area contributed by atoms with Crippen molar-refractivity contribution in [3.63, 3.8) is 0 Å². The third-order valence-corrected chi connectivity index (χ3v) is 3.99. The molecule has 2 rings (SSSR count). The van der Waals surface area contributed by atoms with Crippen molar-refractivity contribution in [2.24, 2.45) is 0 Å². The molecule has 1 aromatic rings. The zero-order valence-corrected chi connectivity index (χ0v) is 11.6. The molecule has 0 radical (unpaired) electrons. The standard InChI is InChI=1S/C12H17N3O2S/c1-8-6-15(7-9(2)18-8)11-5-13-4-10(14-11)12(16)17-3/h4-5,8-9H,6-7H2,1-3H3. The third-order valence-electron chi connectivity index (χ3n) is 2.76. The molecule has 1 saturated heterocycles. The second kappa shape index (κ2) is 5.56. The van der Waals surface area contributed by atoms with E-state index in [2.05, 4.69) is 33.5 Å². The summed E-state index contributed by atoms with van der Waals surface area (Å²) in [5, 5.41) is 1.11. The first-order valence-electron chi connectivity index (χ1n) is 5.91. The van der Waals surface area contributed by atoms with Crippen molar-refractivity contribution >= 4 is 23.5 Å². The van der Waals surface area contributed by atoms with Crippen LogP contribution in [0.3, 0.4) is 0 Å². The Kier molecular flexibility index (Phi) is 4.06. The highest BCUT2D eigenvalue weighted by Gasteiger charge is 2.24. The molecule has 2 unspecified atom stereocenters. The van der Waals surface area contributed by atoms with Crippen LogP contribution in [0.1, 0.15) is 24.3 Å². The Balaban J connectivity index is 2.20. The highest BCUT2D eigenvalue weighted by molar-refractivity contribution is 8.00. The van der Waals surface area contributed by atoms with E-state index in [0.29, 0.717) is 10.5 Å². The first-order chi connectivity index (χ1) is 8.60. The first-order valence-corrected chi connectivity index (χ1v) is 6.85. The van der Waals surface area contributed by atoms with E-state index >= 15 is 0 Å². The fourth-order valence-corrected chi connectivity index (χ4v) is 3.40. The number of rotatable bonds is 2. The molecular weight excluding hydrogens is 250 g/mol. The van der Waals surface area contributed by atoms with Crippen molar-refractivity contribution in [3.05, 3.63) is 18.1 Å². The summed E-state index contributed by atoms with van der Waals surface area (Å²) in [6, 6.07) is 0. The Morgan fingerprint density at radius 2 is 2.06 bits per heavy atom. The average Bonchev–Trinajstić information content (AvgIpc) is 2.37. The van der Waals surface area contributed by atoms with Gasteiger partial charge in [0.05, 0.1) is 19.5 Å². The van der Waals surface area contributed by atoms with E-state index in [0.717, 1.165) is 18.9 Å². The summed E-state index contributed by atoms with van der Waals surface area (Å²) in [5.41, 5.74) is 0.258. The van der Waals surface area contributed by atoms with E-state index in [4.69, 9.17) is 0 Å². The van der Waals surface area contributed by atoms with Crippen molar-refractivity contribution in [3.8, 4) is 0 Å². The number of carbonyl (C=O) groups excluding carboxylic acids is 1. The Labute approximate surface area is 111 Å². The van der Waals surface area contributed by atoms with Crippen LogP contribution in [0.2, 0.25) is 0 Å². The fraction of sp³-hybridized carbons (Fsp3) is 0.583. The lowest BCUT2D eigenvalue weighted by atomic mass is 10.3. The van der Waals surface area contributed by atoms with Gasteiger partial charge in [0.1, 0.15) is 5.82 Å². The number of thioether (sulfide) groups is 1. The third kappa shape index (κ3) is 2.93. The van der Waals surface area contributed by atoms with E-state index in [1.807, 2.05) is 11.8 Å². The number of nitrogens with zero attached hydrogens (tertiary/aromatic N) is 3. The highest BCUT2D eigenvalue weighted by Crippen LogP contribution is 2.27. The van der Waals surface area contributed by atoms with E-state index < -0.39 is 5.97 Å². The summed E-state index contributed by atoms with van der Waals surface area (Å²) >= 11 is 1.97. The molecule has 0 spiro atoms. The molecule has 1 aliphatic rings. The lowest BCUT2D eigenvalue weighted by Gasteiger charge is -2.35. The van der Waals surface area contributed by atoms with Crippen molar-refractivity contribution in [2.45, 2.75) is 24.3 Å². The monoisotopic (exact) mass is 267 g/mol. The fourth-order valence-electron chi connectivity index (χ4n) is 2.08. The molecule has 2 heterocycles. The van der Waals surface area contributed by atoms with Gasteiger partial charge in [0, 0.05) is 23.6 Å². The predicted octanol–water partition coefficient (Wildman–Crippen LogP) is 1.59. The maximum Gasteiger partial charge on any atom is 0.358 e. The van der Waals surface area contributed by atoms with Gasteiger partial charge >= 0.3 is 5.97 Å². The number of hydrogen-bond acceptors (Lipinski definition) is 6. The van der Waals surface area contributed by atoms with Crippen LogP contribution >= 0.6 is 11.8 Å². The smallest absolute Gasteiger partial charge is 0.358 e. The number of methoxy groups -OCH3 is 1. The summed E-state index contributed by atoms with van der Waals surface area (Å²) < 4.78 is 4.66. The molecule has 98 valence electrons. The van der Waals surface area contributed by atoms with Gasteiger partial charge < -0.3 is 9.64 Å². The summed E-state index contributed by atoms with van der Waals surface area (Å²) in [7, 11) is 1.35. The minimum atomic E-state index is -0.447. The Hall–Kier alpha value is -1.30. The van der Waals surface area contributed by atoms with Crippen LogP contribution in [0, 0.1) is 0 Å². The van der Waals surface area contributed by atoms with Gasteiger partial charge in [-0.05, 0) is 0 Å². The number of anilines is 1. The molecule has 1 fully saturated rings. The van der Waals surface area contributed by atoms with E-state index in [-0.39, 0.29) is 5.69 Å². The Morgan fingerprint density at radius 3 is 2.67 bits per heavy atom. The molecule has 0 saturated carbocycles. The molecule has 0 aliphatic carbocycles. The second-order valence-corrected chi connectivity index (χ2v) is 6.30. The maximum absolute atomic E-state index is 11.4. The van der Waals surface area contributed by atoms with E-state index in [1.165, 1.54) is 13.3 Å². The molecular formula is C12H17N3O2S. The number of esters is 1. The minimum absolute atomic E-state index is 0.258. The van der Waals surface area contributed by atoms with Crippen LogP contribution in [0.5, 0.6) is 0 Å². The van der Waals surface area contributed by atoms with Crippen molar-refractivity contribution in [1.82, 2.24) is 9.97 Å². The van der Waals surface area contributed by atoms with E-state index in [1.54, 1.807) is 6.20 Å². The zero-order chi connectivity index (χ0) is 13.1. The second-order valence-electron chi connectivity index (χ2n) is 4.42. The summed E-state index contributed by atoms with van der Waals surface area (Å²) in [5.74, 6) is 0.300. The molecule has 0 N–H and O–H groups in total. The number of hydrogen-bond donors (Lipinski definition) is 0. The molecule has 1 aliphatic heterocycles. The van der Waals surface area contributed by atoms with Crippen LogP contribution in [0.15, 0.2) is 12.4 Å². The van der Waals surface area contributed by atoms with Gasteiger partial charge in [-0.1, -0.05) is 13.8 Å². The maximum atomic E-state index is 11.4. The first kappa shape index (κ1) is 13.1. The van der Waals surface area contributed by atoms with Gasteiger partial charge in [-0.2, -0.15) is 11.8 Å². The Bertz CT molecular complexity index is 431. The van der Waals surface area contributed by atoms with Crippen LogP contribution in [0.4, 0.5) is 5.82 Å². The average molecular weight is 267 g/mol. The lowest BCUT2D eigenvalue weighted by Crippen LogP contribution is -2.41. The van der Waals surface area contributed by atoms with Gasteiger partial charge in [0.15, 0.2) is 5.69 Å². The Morgan fingerprint density at radius 1 is 1.39 bits per heavy atom. The minimum Gasteiger partial charge on any atom is -0.464 e. The predicted molar refractivity (Wildman–Crippen MR) is 72.1 cm³/mol. The van der Waals surface area contributed by atoms with Gasteiger partial charge in [-0.25, -0.2) is 9.78 Å². The molecule has 0 bridgehead atoms. The molecule has 0 amide bonds. The number of carbonyl (C=O) groups is 1. The number of aromatic nitrogens is 2. The summed E-state index contributed by atoms with van der Waals surface area (Å²) in [6.07, 6.45) is 3.13. The van der Waals surface area contributed by atoms with Crippen molar-refractivity contribution in [1.29, 1.82) is 0 Å². The van der Waals surface area contributed by atoms with Crippen LogP contribution < -0.4 is 4.90 Å². The molecule has 2 atom stereocenters. The van der Waals surface area contributed by atoms with Gasteiger partial charge in [0.25, 0.3) is 0 Å². The SMILES string of the molecule is COC(=O)c1cncc(N2CC(C)SC(C)C2)n1. The van der Waals surface area contributed by atoms with Gasteiger partial charge in [-0.15, -0.1) is 0 Å². The topological polar surface area (TPSA) is 55.3 Å². The van der Waals surface area contributed by atoms with Crippen LogP contribution in [-0.4, -0.2) is 46.6 Å². The summed E-state index contributed by atoms with van der Waals surface area (Å²) in [4.78, 5) is 22.0. The zero-order valence-electron chi connectivity index (χ0n) is 10.8. The normalized spacial score (nSPS) is 23.8. The molecule has 5 nitrogen and oxygen atoms in total. The van der Waals surface area contributed by atoms with Crippen molar-refractivity contribution < 1.29 is 9.53 Å². The molecule has 1 aromatic heterocycles.